The summed E-state index contributed by atoms with van der Waals surface area (Å²) in [6.45, 7) is 6.70. The molecule has 1 N–H and O–H groups in total. The van der Waals surface area contributed by atoms with Gasteiger partial charge in [-0.2, -0.15) is 0 Å². The molecule has 0 aliphatic carbocycles. The third kappa shape index (κ3) is 3.05. The number of ether oxygens (including phenoxy) is 1. The molecular formula is C13H20O2. The molecule has 2 nitrogen and oxygen atoms in total. The third-order valence-corrected chi connectivity index (χ3v) is 2.84. The first-order chi connectivity index (χ1) is 7.06. The van der Waals surface area contributed by atoms with Crippen LogP contribution >= 0.6 is 0 Å². The highest BCUT2D eigenvalue weighted by atomic mass is 16.5. The monoisotopic (exact) mass is 208 g/mol. The molecule has 0 aliphatic rings. The topological polar surface area (TPSA) is 29.5 Å². The first-order valence-corrected chi connectivity index (χ1v) is 5.30. The number of rotatable bonds is 4. The van der Waals surface area contributed by atoms with Gasteiger partial charge in [-0.1, -0.05) is 25.1 Å². The lowest BCUT2D eigenvalue weighted by Gasteiger charge is -2.19. The Morgan fingerprint density at radius 2 is 1.93 bits per heavy atom. The van der Waals surface area contributed by atoms with Crippen molar-refractivity contribution >= 4 is 0 Å². The van der Waals surface area contributed by atoms with Gasteiger partial charge in [0.2, 0.25) is 0 Å². The van der Waals surface area contributed by atoms with Crippen LogP contribution in [-0.4, -0.2) is 18.8 Å². The van der Waals surface area contributed by atoms with Crippen LogP contribution in [0.25, 0.3) is 0 Å². The SMILES string of the molecule is COCC(C)C(O)c1ccc(C)c(C)c1. The summed E-state index contributed by atoms with van der Waals surface area (Å²) < 4.78 is 5.04. The van der Waals surface area contributed by atoms with Crippen LogP contribution in [0.15, 0.2) is 18.2 Å². The minimum atomic E-state index is -0.441. The largest absolute Gasteiger partial charge is 0.388 e. The Kier molecular flexibility index (Phi) is 4.30. The van der Waals surface area contributed by atoms with Crippen LogP contribution < -0.4 is 0 Å². The van der Waals surface area contributed by atoms with Gasteiger partial charge in [0.25, 0.3) is 0 Å². The quantitative estimate of drug-likeness (QED) is 0.824. The zero-order chi connectivity index (χ0) is 11.4. The molecular weight excluding hydrogens is 188 g/mol. The van der Waals surface area contributed by atoms with Crippen molar-refractivity contribution in [1.82, 2.24) is 0 Å². The van der Waals surface area contributed by atoms with Gasteiger partial charge in [-0.3, -0.25) is 0 Å². The zero-order valence-corrected chi connectivity index (χ0v) is 9.95. The molecule has 15 heavy (non-hydrogen) atoms. The second-order valence-corrected chi connectivity index (χ2v) is 4.22. The second-order valence-electron chi connectivity index (χ2n) is 4.22. The molecule has 0 radical (unpaired) electrons. The van der Waals surface area contributed by atoms with E-state index in [1.807, 2.05) is 25.1 Å². The van der Waals surface area contributed by atoms with E-state index in [9.17, 15) is 5.11 Å². The Morgan fingerprint density at radius 1 is 1.27 bits per heavy atom. The van der Waals surface area contributed by atoms with Gasteiger partial charge in [0.05, 0.1) is 12.7 Å². The highest BCUT2D eigenvalue weighted by Crippen LogP contribution is 2.23. The molecule has 2 heteroatoms. The molecule has 0 spiro atoms. The smallest absolute Gasteiger partial charge is 0.0837 e. The highest BCUT2D eigenvalue weighted by molar-refractivity contribution is 5.31. The molecule has 1 aromatic carbocycles. The summed E-state index contributed by atoms with van der Waals surface area (Å²) in [4.78, 5) is 0. The number of benzene rings is 1. The molecule has 0 saturated carbocycles. The van der Waals surface area contributed by atoms with Crippen molar-refractivity contribution in [2.75, 3.05) is 13.7 Å². The maximum atomic E-state index is 10.1. The molecule has 0 fully saturated rings. The van der Waals surface area contributed by atoms with Crippen LogP contribution in [0.4, 0.5) is 0 Å². The van der Waals surface area contributed by atoms with Gasteiger partial charge < -0.3 is 9.84 Å². The van der Waals surface area contributed by atoms with E-state index in [2.05, 4.69) is 13.8 Å². The van der Waals surface area contributed by atoms with Crippen molar-refractivity contribution in [2.45, 2.75) is 26.9 Å². The fraction of sp³-hybridized carbons (Fsp3) is 0.538. The van der Waals surface area contributed by atoms with Crippen LogP contribution in [0.5, 0.6) is 0 Å². The lowest BCUT2D eigenvalue weighted by molar-refractivity contribution is 0.0566. The van der Waals surface area contributed by atoms with Crippen LogP contribution in [0.1, 0.15) is 29.7 Å². The van der Waals surface area contributed by atoms with Gasteiger partial charge in [0, 0.05) is 13.0 Å². The molecule has 0 bridgehead atoms. The first-order valence-electron chi connectivity index (χ1n) is 5.30. The van der Waals surface area contributed by atoms with Gasteiger partial charge in [0.1, 0.15) is 0 Å². The summed E-state index contributed by atoms with van der Waals surface area (Å²) in [7, 11) is 1.66. The van der Waals surface area contributed by atoms with Crippen molar-refractivity contribution < 1.29 is 9.84 Å². The Balaban J connectivity index is 2.81. The van der Waals surface area contributed by atoms with Crippen LogP contribution in [-0.2, 0) is 4.74 Å². The summed E-state index contributed by atoms with van der Waals surface area (Å²) in [5.41, 5.74) is 3.45. The first kappa shape index (κ1) is 12.2. The fourth-order valence-electron chi connectivity index (χ4n) is 1.63. The Bertz CT molecular complexity index is 320. The lowest BCUT2D eigenvalue weighted by Crippen LogP contribution is -2.14. The summed E-state index contributed by atoms with van der Waals surface area (Å²) in [5.74, 6) is 0.122. The maximum Gasteiger partial charge on any atom is 0.0837 e. The maximum absolute atomic E-state index is 10.1. The van der Waals surface area contributed by atoms with E-state index in [-0.39, 0.29) is 5.92 Å². The molecule has 0 heterocycles. The van der Waals surface area contributed by atoms with Gasteiger partial charge in [-0.25, -0.2) is 0 Å². The van der Waals surface area contributed by atoms with E-state index < -0.39 is 6.10 Å². The van der Waals surface area contributed by atoms with Gasteiger partial charge in [0.15, 0.2) is 0 Å². The van der Waals surface area contributed by atoms with Crippen molar-refractivity contribution in [2.24, 2.45) is 5.92 Å². The van der Waals surface area contributed by atoms with E-state index in [0.29, 0.717) is 6.61 Å². The molecule has 2 atom stereocenters. The molecule has 84 valence electrons. The Hall–Kier alpha value is -0.860. The van der Waals surface area contributed by atoms with Crippen molar-refractivity contribution in [1.29, 1.82) is 0 Å². The second kappa shape index (κ2) is 5.29. The zero-order valence-electron chi connectivity index (χ0n) is 9.95. The summed E-state index contributed by atoms with van der Waals surface area (Å²) in [5, 5.41) is 10.1. The molecule has 0 saturated heterocycles. The minimum Gasteiger partial charge on any atom is -0.388 e. The summed E-state index contributed by atoms with van der Waals surface area (Å²) in [6, 6.07) is 6.08. The van der Waals surface area contributed by atoms with E-state index in [1.54, 1.807) is 7.11 Å². The number of aliphatic hydroxyl groups is 1. The molecule has 2 unspecified atom stereocenters. The normalized spacial score (nSPS) is 15.0. The molecule has 1 aromatic rings. The Labute approximate surface area is 91.9 Å². The van der Waals surface area contributed by atoms with Gasteiger partial charge in [-0.05, 0) is 30.5 Å². The van der Waals surface area contributed by atoms with Gasteiger partial charge in [-0.15, -0.1) is 0 Å². The predicted octanol–water partition coefficient (Wildman–Crippen LogP) is 2.62. The van der Waals surface area contributed by atoms with Crippen LogP contribution in [0.2, 0.25) is 0 Å². The van der Waals surface area contributed by atoms with Gasteiger partial charge >= 0.3 is 0 Å². The summed E-state index contributed by atoms with van der Waals surface area (Å²) in [6.07, 6.45) is -0.441. The predicted molar refractivity (Wildman–Crippen MR) is 61.9 cm³/mol. The minimum absolute atomic E-state index is 0.122. The molecule has 0 amide bonds. The van der Waals surface area contributed by atoms with E-state index >= 15 is 0 Å². The average Bonchev–Trinajstić information content (AvgIpc) is 2.21. The number of aryl methyl sites for hydroxylation is 2. The lowest BCUT2D eigenvalue weighted by atomic mass is 9.95. The number of aliphatic hydroxyl groups excluding tert-OH is 1. The van der Waals surface area contributed by atoms with E-state index in [0.717, 1.165) is 5.56 Å². The van der Waals surface area contributed by atoms with Crippen molar-refractivity contribution in [3.8, 4) is 0 Å². The van der Waals surface area contributed by atoms with E-state index in [4.69, 9.17) is 4.74 Å². The standard InChI is InChI=1S/C13H20O2/c1-9-5-6-12(7-10(9)2)13(14)11(3)8-15-4/h5-7,11,13-14H,8H2,1-4H3. The molecule has 0 aromatic heterocycles. The fourth-order valence-corrected chi connectivity index (χ4v) is 1.63. The van der Waals surface area contributed by atoms with Crippen molar-refractivity contribution in [3.63, 3.8) is 0 Å². The van der Waals surface area contributed by atoms with Crippen LogP contribution in [0.3, 0.4) is 0 Å². The van der Waals surface area contributed by atoms with E-state index in [1.165, 1.54) is 11.1 Å². The summed E-state index contributed by atoms with van der Waals surface area (Å²) >= 11 is 0. The molecule has 0 aliphatic heterocycles. The average molecular weight is 208 g/mol. The third-order valence-electron chi connectivity index (χ3n) is 2.84. The van der Waals surface area contributed by atoms with Crippen molar-refractivity contribution in [3.05, 3.63) is 34.9 Å². The molecule has 1 rings (SSSR count). The number of hydrogen-bond donors (Lipinski definition) is 1. The highest BCUT2D eigenvalue weighted by Gasteiger charge is 2.16. The Morgan fingerprint density at radius 3 is 2.47 bits per heavy atom. The number of methoxy groups -OCH3 is 1. The number of hydrogen-bond acceptors (Lipinski definition) is 2. The van der Waals surface area contributed by atoms with Crippen LogP contribution in [0, 0.1) is 19.8 Å².